The number of hydrogen-bond donors (Lipinski definition) is 3. The number of rotatable bonds is 7. The van der Waals surface area contributed by atoms with Crippen LogP contribution in [0.5, 0.6) is 5.75 Å². The highest BCUT2D eigenvalue weighted by Gasteiger charge is 2.35. The van der Waals surface area contributed by atoms with Crippen molar-refractivity contribution in [3.05, 3.63) is 64.7 Å². The zero-order valence-electron chi connectivity index (χ0n) is 28.0. The Hall–Kier alpha value is -2.93. The van der Waals surface area contributed by atoms with Crippen molar-refractivity contribution < 1.29 is 9.90 Å². The summed E-state index contributed by atoms with van der Waals surface area (Å²) in [5, 5.41) is 18.6. The van der Waals surface area contributed by atoms with Crippen LogP contribution in [0.25, 0.3) is 0 Å². The third kappa shape index (κ3) is 9.53. The smallest absolute Gasteiger partial charge is 0.245 e. The molecule has 0 aliphatic heterocycles. The molecule has 3 unspecified atom stereocenters. The molecule has 0 radical (unpaired) electrons. The van der Waals surface area contributed by atoms with Crippen molar-refractivity contribution in [2.75, 3.05) is 7.05 Å². The van der Waals surface area contributed by atoms with Crippen LogP contribution in [0.2, 0.25) is 0 Å². The number of phenolic OH excluding ortho intramolecular Hbond substituents is 1. The van der Waals surface area contributed by atoms with E-state index in [1.165, 1.54) is 5.56 Å². The van der Waals surface area contributed by atoms with Gasteiger partial charge >= 0.3 is 0 Å². The zero-order valence-corrected chi connectivity index (χ0v) is 28.9. The summed E-state index contributed by atoms with van der Waals surface area (Å²) >= 11 is 5.80. The fraction of sp³-hybridized carbons (Fsp3) is 0.583. The van der Waals surface area contributed by atoms with E-state index < -0.39 is 6.04 Å². The molecule has 236 valence electrons. The van der Waals surface area contributed by atoms with Crippen LogP contribution in [-0.2, 0) is 22.2 Å². The van der Waals surface area contributed by atoms with Gasteiger partial charge in [0.2, 0.25) is 5.91 Å². The molecule has 2 aromatic carbocycles. The minimum Gasteiger partial charge on any atom is -0.507 e. The van der Waals surface area contributed by atoms with Crippen molar-refractivity contribution in [1.29, 1.82) is 0 Å². The van der Waals surface area contributed by atoms with Crippen molar-refractivity contribution in [3.63, 3.8) is 0 Å². The Labute approximate surface area is 265 Å². The Balaban J connectivity index is 1.78. The first-order valence-corrected chi connectivity index (χ1v) is 16.1. The molecule has 3 N–H and O–H groups in total. The number of amides is 1. The summed E-state index contributed by atoms with van der Waals surface area (Å²) in [7, 11) is 1.84. The number of nitrogens with zero attached hydrogens (tertiary/aromatic N) is 2. The molecule has 0 saturated heterocycles. The van der Waals surface area contributed by atoms with Gasteiger partial charge in [-0.15, -0.1) is 0 Å². The predicted octanol–water partition coefficient (Wildman–Crippen LogP) is 7.25. The molecule has 1 aliphatic carbocycles. The van der Waals surface area contributed by atoms with Gasteiger partial charge < -0.3 is 20.6 Å². The fourth-order valence-corrected chi connectivity index (χ4v) is 5.81. The maximum atomic E-state index is 13.6. The Morgan fingerprint density at radius 3 is 2.23 bits per heavy atom. The van der Waals surface area contributed by atoms with Crippen molar-refractivity contribution in [2.24, 2.45) is 10.4 Å². The van der Waals surface area contributed by atoms with E-state index in [0.717, 1.165) is 42.4 Å². The van der Waals surface area contributed by atoms with Crippen LogP contribution < -0.4 is 10.6 Å². The van der Waals surface area contributed by atoms with Crippen LogP contribution in [0.1, 0.15) is 110 Å². The average molecular weight is 607 g/mol. The van der Waals surface area contributed by atoms with Gasteiger partial charge in [0, 0.05) is 30.9 Å². The number of thiocarbonyl (C=S) groups is 1. The van der Waals surface area contributed by atoms with Crippen molar-refractivity contribution >= 4 is 29.5 Å². The molecule has 0 aromatic heterocycles. The van der Waals surface area contributed by atoms with E-state index in [9.17, 15) is 9.90 Å². The molecular formula is C36H54N4O2S. The van der Waals surface area contributed by atoms with Gasteiger partial charge in [0.15, 0.2) is 5.11 Å². The zero-order chi connectivity index (χ0) is 32.2. The monoisotopic (exact) mass is 606 g/mol. The summed E-state index contributed by atoms with van der Waals surface area (Å²) in [6.07, 6.45) is 5.90. The first-order valence-electron chi connectivity index (χ1n) is 15.6. The number of phenols is 1. The average Bonchev–Trinajstić information content (AvgIpc) is 2.90. The van der Waals surface area contributed by atoms with Gasteiger partial charge in [-0.1, -0.05) is 112 Å². The topological polar surface area (TPSA) is 77.0 Å². The van der Waals surface area contributed by atoms with Gasteiger partial charge in [0.05, 0.1) is 12.1 Å². The molecule has 1 aliphatic rings. The number of carbonyl (C=O) groups excluding carboxylic acids is 1. The molecule has 2 aromatic rings. The molecule has 6 nitrogen and oxygen atoms in total. The van der Waals surface area contributed by atoms with Gasteiger partial charge in [0.25, 0.3) is 0 Å². The van der Waals surface area contributed by atoms with Crippen LogP contribution in [0.4, 0.5) is 0 Å². The van der Waals surface area contributed by atoms with E-state index >= 15 is 0 Å². The van der Waals surface area contributed by atoms with Crippen LogP contribution >= 0.6 is 12.2 Å². The number of carbonyl (C=O) groups is 1. The van der Waals surface area contributed by atoms with Gasteiger partial charge in [-0.3, -0.25) is 9.79 Å². The Bertz CT molecular complexity index is 1290. The summed E-state index contributed by atoms with van der Waals surface area (Å²) in [5.41, 5.74) is 3.34. The summed E-state index contributed by atoms with van der Waals surface area (Å²) in [6, 6.07) is 13.8. The van der Waals surface area contributed by atoms with E-state index in [0.29, 0.717) is 17.4 Å². The minimum atomic E-state index is -0.486. The highest BCUT2D eigenvalue weighted by Crippen LogP contribution is 2.37. The second-order valence-electron chi connectivity index (χ2n) is 15.3. The van der Waals surface area contributed by atoms with Crippen molar-refractivity contribution in [2.45, 2.75) is 123 Å². The standard InChI is InChI=1S/C36H54N4O2S/c1-34(2,3)26-20-25(30(41)27(21-26)35(4,5)6)22-37-28-18-14-15-19-29(28)38-33(43)39-31(36(7,8)9)32(42)40(10)23-24-16-12-11-13-17-24/h11-13,16-17,20-22,28-29,31,41H,14-15,18-19,23H2,1-10H3,(H2,38,39,43). The molecule has 43 heavy (non-hydrogen) atoms. The lowest BCUT2D eigenvalue weighted by Gasteiger charge is -2.36. The molecule has 0 bridgehead atoms. The second kappa shape index (κ2) is 13.8. The van der Waals surface area contributed by atoms with E-state index in [4.69, 9.17) is 17.2 Å². The summed E-state index contributed by atoms with van der Waals surface area (Å²) in [6.45, 7) is 19.6. The lowest BCUT2D eigenvalue weighted by atomic mass is 9.79. The van der Waals surface area contributed by atoms with E-state index in [2.05, 4.69) is 85.1 Å². The molecule has 0 heterocycles. The third-order valence-electron chi connectivity index (χ3n) is 8.29. The number of likely N-dealkylation sites (N-methyl/N-ethyl adjacent to an activating group) is 1. The molecule has 3 atom stereocenters. The SMILES string of the molecule is CN(Cc1ccccc1)C(=O)C(NC(=S)NC1CCCCC1N=Cc1cc(C(C)(C)C)cc(C(C)(C)C)c1O)C(C)(C)C. The van der Waals surface area contributed by atoms with Crippen molar-refractivity contribution in [1.82, 2.24) is 15.5 Å². The van der Waals surface area contributed by atoms with Crippen LogP contribution in [0.15, 0.2) is 47.5 Å². The van der Waals surface area contributed by atoms with E-state index in [-0.39, 0.29) is 34.2 Å². The second-order valence-corrected chi connectivity index (χ2v) is 15.7. The predicted molar refractivity (Wildman–Crippen MR) is 184 cm³/mol. The number of hydrogen-bond acceptors (Lipinski definition) is 4. The van der Waals surface area contributed by atoms with E-state index in [1.54, 1.807) is 4.90 Å². The molecule has 3 rings (SSSR count). The summed E-state index contributed by atoms with van der Waals surface area (Å²) in [5.74, 6) is 0.301. The first-order chi connectivity index (χ1) is 19.9. The molecule has 7 heteroatoms. The number of benzene rings is 2. The summed E-state index contributed by atoms with van der Waals surface area (Å²) < 4.78 is 0. The number of aromatic hydroxyl groups is 1. The normalized spacial score (nSPS) is 18.7. The number of aliphatic imine (C=N–C) groups is 1. The fourth-order valence-electron chi connectivity index (χ4n) is 5.54. The van der Waals surface area contributed by atoms with Gasteiger partial charge in [-0.2, -0.15) is 0 Å². The Kier molecular flexibility index (Phi) is 11.1. The maximum Gasteiger partial charge on any atom is 0.245 e. The number of nitrogens with one attached hydrogen (secondary N) is 2. The maximum absolute atomic E-state index is 13.6. The van der Waals surface area contributed by atoms with Crippen LogP contribution in [0, 0.1) is 5.41 Å². The lowest BCUT2D eigenvalue weighted by Crippen LogP contribution is -2.58. The van der Waals surface area contributed by atoms with Gasteiger partial charge in [-0.25, -0.2) is 0 Å². The third-order valence-corrected chi connectivity index (χ3v) is 8.53. The first kappa shape index (κ1) is 34.6. The highest BCUT2D eigenvalue weighted by molar-refractivity contribution is 7.80. The van der Waals surface area contributed by atoms with Crippen molar-refractivity contribution in [3.8, 4) is 5.75 Å². The minimum absolute atomic E-state index is 0.00239. The van der Waals surface area contributed by atoms with Crippen LogP contribution in [0.3, 0.4) is 0 Å². The summed E-state index contributed by atoms with van der Waals surface area (Å²) in [4.78, 5) is 20.4. The molecular weight excluding hydrogens is 552 g/mol. The van der Waals surface area contributed by atoms with Crippen LogP contribution in [-0.4, -0.2) is 52.4 Å². The van der Waals surface area contributed by atoms with Gasteiger partial charge in [0.1, 0.15) is 11.8 Å². The van der Waals surface area contributed by atoms with Gasteiger partial charge in [-0.05, 0) is 58.5 Å². The Morgan fingerprint density at radius 2 is 1.65 bits per heavy atom. The molecule has 1 saturated carbocycles. The Morgan fingerprint density at radius 1 is 1.02 bits per heavy atom. The largest absolute Gasteiger partial charge is 0.507 e. The molecule has 1 fully saturated rings. The highest BCUT2D eigenvalue weighted by atomic mass is 32.1. The quantitative estimate of drug-likeness (QED) is 0.229. The molecule has 1 amide bonds. The lowest BCUT2D eigenvalue weighted by molar-refractivity contribution is -0.134. The molecule has 0 spiro atoms. The van der Waals surface area contributed by atoms with E-state index in [1.807, 2.05) is 43.6 Å².